The van der Waals surface area contributed by atoms with Gasteiger partial charge in [0.2, 0.25) is 11.8 Å². The molecule has 0 saturated heterocycles. The molecule has 0 spiro atoms. The molecule has 0 aromatic heterocycles. The average molecular weight is 488 g/mol. The molecule has 0 rings (SSSR count). The van der Waals surface area contributed by atoms with Crippen LogP contribution in [0.4, 0.5) is 0 Å². The molecule has 31 heavy (non-hydrogen) atoms. The first-order valence-corrected chi connectivity index (χ1v) is 10.6. The monoisotopic (exact) mass is 487 g/mol. The van der Waals surface area contributed by atoms with E-state index in [1.807, 2.05) is 0 Å². The lowest BCUT2D eigenvalue weighted by Gasteiger charge is -2.21. The highest BCUT2D eigenvalue weighted by atomic mass is 35.5. The van der Waals surface area contributed by atoms with Crippen molar-refractivity contribution in [3.05, 3.63) is 0 Å². The number of carbonyl (C=O) groups is 5. The Kier molecular flexibility index (Phi) is 14.0. The van der Waals surface area contributed by atoms with Crippen LogP contribution in [-0.2, 0) is 24.0 Å². The Labute approximate surface area is 186 Å². The zero-order chi connectivity index (χ0) is 24.1. The summed E-state index contributed by atoms with van der Waals surface area (Å²) < 4.78 is 0. The molecule has 0 fully saturated rings. The number of halogens is 1. The second-order valence-corrected chi connectivity index (χ2v) is 7.69. The van der Waals surface area contributed by atoms with Gasteiger partial charge in [-0.3, -0.25) is 24.0 Å². The minimum absolute atomic E-state index is 0.205. The summed E-state index contributed by atoms with van der Waals surface area (Å²) in [7, 11) is 0. The molecule has 13 nitrogen and oxygen atoms in total. The Bertz CT molecular complexity index is 653. The number of amides is 2. The van der Waals surface area contributed by atoms with E-state index in [4.69, 9.17) is 27.5 Å². The molecule has 5 unspecified atom stereocenters. The first kappa shape index (κ1) is 29.0. The Morgan fingerprint density at radius 2 is 1.68 bits per heavy atom. The van der Waals surface area contributed by atoms with Gasteiger partial charge in [-0.15, -0.1) is 11.6 Å². The average Bonchev–Trinajstić information content (AvgIpc) is 2.72. The van der Waals surface area contributed by atoms with Crippen molar-refractivity contribution >= 4 is 52.9 Å². The predicted molar refractivity (Wildman–Crippen MR) is 108 cm³/mol. The van der Waals surface area contributed by atoms with Gasteiger partial charge in [0.15, 0.2) is 5.78 Å². The molecule has 0 aliphatic carbocycles. The second-order valence-electron chi connectivity index (χ2n) is 6.35. The third-order valence-electron chi connectivity index (χ3n) is 3.80. The number of alkyl halides is 1. The van der Waals surface area contributed by atoms with Gasteiger partial charge in [-0.25, -0.2) is 0 Å². The number of aliphatic carboxylic acids is 2. The molecule has 0 radical (unpaired) electrons. The summed E-state index contributed by atoms with van der Waals surface area (Å²) in [6, 6.07) is -2.56. The summed E-state index contributed by atoms with van der Waals surface area (Å²) in [5.74, 6) is -6.13. The third-order valence-corrected chi connectivity index (χ3v) is 5.17. The van der Waals surface area contributed by atoms with Crippen LogP contribution in [0.2, 0.25) is 0 Å². The van der Waals surface area contributed by atoms with Crippen molar-refractivity contribution in [3.63, 3.8) is 0 Å². The number of thioether (sulfide) groups is 1. The molecule has 0 aliphatic rings. The SMILES string of the molecule is NC(CCC(=O)NC(CSCC(=O)C(O)C(O)C(O)CCl)C(=O)NCC(=O)O)C(=O)O. The minimum atomic E-state index is -1.92. The normalized spacial score (nSPS) is 15.8. The fraction of sp³-hybridized carbons (Fsp3) is 0.688. The number of rotatable bonds is 16. The van der Waals surface area contributed by atoms with Crippen LogP contribution in [0.25, 0.3) is 0 Å². The maximum Gasteiger partial charge on any atom is 0.322 e. The summed E-state index contributed by atoms with van der Waals surface area (Å²) in [5.41, 5.74) is 5.30. The number of ketones is 1. The summed E-state index contributed by atoms with van der Waals surface area (Å²) in [6.07, 6.45) is -5.78. The number of nitrogens with one attached hydrogen (secondary N) is 2. The molecular weight excluding hydrogens is 462 g/mol. The highest BCUT2D eigenvalue weighted by molar-refractivity contribution is 8.00. The van der Waals surface area contributed by atoms with E-state index in [0.717, 1.165) is 11.8 Å². The smallest absolute Gasteiger partial charge is 0.322 e. The number of hydrogen-bond acceptors (Lipinski definition) is 10. The molecule has 0 aromatic rings. The lowest BCUT2D eigenvalue weighted by atomic mass is 10.1. The molecule has 0 saturated carbocycles. The predicted octanol–water partition coefficient (Wildman–Crippen LogP) is -3.51. The van der Waals surface area contributed by atoms with Crippen molar-refractivity contribution in [1.82, 2.24) is 10.6 Å². The number of aliphatic hydroxyl groups excluding tert-OH is 3. The molecule has 178 valence electrons. The second kappa shape index (κ2) is 14.9. The number of carbonyl (C=O) groups excluding carboxylic acids is 3. The summed E-state index contributed by atoms with van der Waals surface area (Å²) >= 11 is 6.13. The van der Waals surface area contributed by atoms with Gasteiger partial charge in [-0.2, -0.15) is 11.8 Å². The van der Waals surface area contributed by atoms with Crippen molar-refractivity contribution < 1.29 is 49.5 Å². The van der Waals surface area contributed by atoms with Crippen molar-refractivity contribution in [2.75, 3.05) is 23.9 Å². The number of carboxylic acid groups (broad SMARTS) is 2. The van der Waals surface area contributed by atoms with E-state index in [1.54, 1.807) is 0 Å². The van der Waals surface area contributed by atoms with E-state index >= 15 is 0 Å². The molecule has 15 heteroatoms. The number of nitrogens with two attached hydrogens (primary N) is 1. The van der Waals surface area contributed by atoms with Gasteiger partial charge >= 0.3 is 11.9 Å². The van der Waals surface area contributed by atoms with E-state index in [0.29, 0.717) is 0 Å². The molecule has 0 aliphatic heterocycles. The molecule has 2 amide bonds. The largest absolute Gasteiger partial charge is 0.480 e. The number of hydrogen-bond donors (Lipinski definition) is 8. The zero-order valence-electron chi connectivity index (χ0n) is 16.3. The van der Waals surface area contributed by atoms with Crippen LogP contribution in [0, 0.1) is 0 Å². The molecule has 5 atom stereocenters. The molecule has 0 aromatic carbocycles. The van der Waals surface area contributed by atoms with Crippen LogP contribution < -0.4 is 16.4 Å². The summed E-state index contributed by atoms with van der Waals surface area (Å²) in [6.45, 7) is -0.722. The zero-order valence-corrected chi connectivity index (χ0v) is 17.8. The van der Waals surface area contributed by atoms with E-state index in [1.165, 1.54) is 0 Å². The van der Waals surface area contributed by atoms with E-state index in [-0.39, 0.29) is 18.6 Å². The van der Waals surface area contributed by atoms with Gasteiger partial charge < -0.3 is 41.9 Å². The van der Waals surface area contributed by atoms with E-state index in [9.17, 15) is 39.3 Å². The fourth-order valence-electron chi connectivity index (χ4n) is 2.00. The van der Waals surface area contributed by atoms with Crippen LogP contribution in [0.15, 0.2) is 0 Å². The minimum Gasteiger partial charge on any atom is -0.480 e. The Balaban J connectivity index is 4.85. The first-order valence-electron chi connectivity index (χ1n) is 8.88. The summed E-state index contributed by atoms with van der Waals surface area (Å²) in [4.78, 5) is 57.3. The van der Waals surface area contributed by atoms with Gasteiger partial charge in [-0.05, 0) is 6.42 Å². The lowest BCUT2D eigenvalue weighted by Crippen LogP contribution is -2.50. The van der Waals surface area contributed by atoms with Gasteiger partial charge in [0.25, 0.3) is 0 Å². The van der Waals surface area contributed by atoms with Crippen LogP contribution in [0.5, 0.6) is 0 Å². The fourth-order valence-corrected chi connectivity index (χ4v) is 3.14. The van der Waals surface area contributed by atoms with Crippen molar-refractivity contribution in [2.45, 2.75) is 43.2 Å². The number of Topliss-reactive ketones (excluding diaryl/α,β-unsaturated/α-hetero) is 1. The van der Waals surface area contributed by atoms with Gasteiger partial charge in [0.1, 0.15) is 30.8 Å². The summed E-state index contributed by atoms with van der Waals surface area (Å²) in [5, 5.41) is 50.4. The molecule has 9 N–H and O–H groups in total. The highest BCUT2D eigenvalue weighted by Gasteiger charge is 2.30. The Morgan fingerprint density at radius 1 is 1.06 bits per heavy atom. The van der Waals surface area contributed by atoms with Crippen LogP contribution >= 0.6 is 23.4 Å². The van der Waals surface area contributed by atoms with E-state index in [2.05, 4.69) is 10.6 Å². The van der Waals surface area contributed by atoms with Crippen LogP contribution in [-0.4, -0.2) is 109 Å². The molecular formula is C16H26ClN3O10S. The number of carboxylic acids is 2. The number of aliphatic hydroxyl groups is 3. The van der Waals surface area contributed by atoms with E-state index < -0.39 is 78.1 Å². The molecule has 0 bridgehead atoms. The Hall–Kier alpha value is -1.97. The van der Waals surface area contributed by atoms with Gasteiger partial charge in [-0.1, -0.05) is 0 Å². The standard InChI is InChI=1S/C16H26ClN3O10S/c17-3-9(21)13(26)14(27)10(22)6-31-5-8(15(28)19-4-12(24)25)20-11(23)2-1-7(18)16(29)30/h7-9,13-14,21,26-27H,1-6,18H2,(H,19,28)(H,20,23)(H,24,25)(H,29,30). The first-order chi connectivity index (χ1) is 14.4. The quantitative estimate of drug-likeness (QED) is 0.0988. The topological polar surface area (TPSA) is 237 Å². The van der Waals surface area contributed by atoms with Crippen molar-refractivity contribution in [2.24, 2.45) is 5.73 Å². The van der Waals surface area contributed by atoms with Gasteiger partial charge in [0.05, 0.1) is 17.7 Å². The van der Waals surface area contributed by atoms with Crippen LogP contribution in [0.3, 0.4) is 0 Å². The highest BCUT2D eigenvalue weighted by Crippen LogP contribution is 2.10. The van der Waals surface area contributed by atoms with Crippen molar-refractivity contribution in [3.8, 4) is 0 Å². The van der Waals surface area contributed by atoms with Gasteiger partial charge in [0, 0.05) is 12.2 Å². The van der Waals surface area contributed by atoms with Crippen molar-refractivity contribution in [1.29, 1.82) is 0 Å². The maximum atomic E-state index is 12.1. The molecule has 0 heterocycles. The third kappa shape index (κ3) is 11.9. The maximum absolute atomic E-state index is 12.1. The lowest BCUT2D eigenvalue weighted by molar-refractivity contribution is -0.139. The van der Waals surface area contributed by atoms with Crippen LogP contribution in [0.1, 0.15) is 12.8 Å². The Morgan fingerprint density at radius 3 is 2.19 bits per heavy atom.